The van der Waals surface area contributed by atoms with Crippen LogP contribution in [-0.2, 0) is 6.42 Å². The van der Waals surface area contributed by atoms with E-state index in [1.165, 1.54) is 0 Å². The highest BCUT2D eigenvalue weighted by Gasteiger charge is 2.20. The number of hydrogen-bond donors (Lipinski definition) is 1. The van der Waals surface area contributed by atoms with Crippen LogP contribution < -0.4 is 24.3 Å². The van der Waals surface area contributed by atoms with E-state index in [1.807, 2.05) is 72.9 Å². The molecule has 0 spiro atoms. The fourth-order valence-electron chi connectivity index (χ4n) is 4.12. The van der Waals surface area contributed by atoms with Gasteiger partial charge in [0.25, 0.3) is 5.91 Å². The van der Waals surface area contributed by atoms with Gasteiger partial charge in [0.1, 0.15) is 13.2 Å². The summed E-state index contributed by atoms with van der Waals surface area (Å²) in [5.41, 5.74) is 3.72. The summed E-state index contributed by atoms with van der Waals surface area (Å²) in [6, 6.07) is 21.1. The second-order valence-electron chi connectivity index (χ2n) is 8.23. The number of carbonyl (C=O) groups excluding carboxylic acids is 1. The second kappa shape index (κ2) is 10.4. The van der Waals surface area contributed by atoms with Crippen molar-refractivity contribution in [1.29, 1.82) is 0 Å². The van der Waals surface area contributed by atoms with Crippen LogP contribution in [0.3, 0.4) is 0 Å². The Labute approximate surface area is 209 Å². The summed E-state index contributed by atoms with van der Waals surface area (Å²) in [5.74, 6) is 2.42. The van der Waals surface area contributed by atoms with E-state index in [2.05, 4.69) is 10.4 Å². The third-order valence-electron chi connectivity index (χ3n) is 5.95. The fraction of sp³-hybridized carbons (Fsp3) is 0.214. The molecule has 0 fully saturated rings. The molecule has 1 aliphatic heterocycles. The van der Waals surface area contributed by atoms with Crippen molar-refractivity contribution in [2.24, 2.45) is 0 Å². The van der Waals surface area contributed by atoms with Crippen molar-refractivity contribution in [2.75, 3.05) is 34.0 Å². The number of para-hydroxylation sites is 1. The smallest absolute Gasteiger partial charge is 0.272 e. The molecule has 184 valence electrons. The molecule has 3 aromatic carbocycles. The van der Waals surface area contributed by atoms with E-state index in [0.717, 1.165) is 28.3 Å². The number of hydrogen-bond acceptors (Lipinski definition) is 6. The van der Waals surface area contributed by atoms with Crippen LogP contribution in [0.1, 0.15) is 16.1 Å². The van der Waals surface area contributed by atoms with E-state index in [4.69, 9.17) is 18.9 Å². The number of aromatic nitrogens is 2. The molecule has 1 aromatic heterocycles. The molecule has 1 N–H and O–H groups in total. The predicted octanol–water partition coefficient (Wildman–Crippen LogP) is 4.30. The lowest BCUT2D eigenvalue weighted by Crippen LogP contribution is -2.26. The lowest BCUT2D eigenvalue weighted by atomic mass is 10.1. The molecule has 0 saturated heterocycles. The van der Waals surface area contributed by atoms with Crippen LogP contribution in [0, 0.1) is 0 Å². The van der Waals surface area contributed by atoms with Crippen LogP contribution in [0.15, 0.2) is 72.9 Å². The van der Waals surface area contributed by atoms with Gasteiger partial charge in [0.2, 0.25) is 0 Å². The number of carbonyl (C=O) groups is 1. The van der Waals surface area contributed by atoms with Crippen molar-refractivity contribution in [3.63, 3.8) is 0 Å². The van der Waals surface area contributed by atoms with Gasteiger partial charge in [-0.2, -0.15) is 5.10 Å². The number of nitrogens with one attached hydrogen (secondary N) is 1. The Kier molecular flexibility index (Phi) is 6.75. The lowest BCUT2D eigenvalue weighted by Gasteiger charge is -2.18. The standard InChI is InChI=1S/C28H27N3O5/c1-33-23-11-9-20(17-25(23)34-2)22-18-31(21-6-4-3-5-7-21)30-27(22)28(32)29-13-12-19-8-10-24-26(16-19)36-15-14-35-24/h3-11,16-18H,12-15H2,1-2H3,(H,29,32). The molecule has 2 heterocycles. The molecule has 5 rings (SSSR count). The highest BCUT2D eigenvalue weighted by Crippen LogP contribution is 2.34. The number of rotatable bonds is 8. The SMILES string of the molecule is COc1ccc(-c2cn(-c3ccccc3)nc2C(=O)NCCc2ccc3c(c2)OCCO3)cc1OC. The van der Waals surface area contributed by atoms with Crippen LogP contribution in [0.25, 0.3) is 16.8 Å². The first kappa shape index (κ1) is 23.3. The third-order valence-corrected chi connectivity index (χ3v) is 5.95. The Balaban J connectivity index is 1.39. The largest absolute Gasteiger partial charge is 0.493 e. The summed E-state index contributed by atoms with van der Waals surface area (Å²) in [4.78, 5) is 13.3. The van der Waals surface area contributed by atoms with Crippen molar-refractivity contribution in [3.8, 4) is 39.8 Å². The van der Waals surface area contributed by atoms with Gasteiger partial charge in [0.15, 0.2) is 28.7 Å². The first-order valence-electron chi connectivity index (χ1n) is 11.7. The maximum absolute atomic E-state index is 13.3. The molecular weight excluding hydrogens is 458 g/mol. The maximum atomic E-state index is 13.3. The number of amides is 1. The minimum atomic E-state index is -0.257. The topological polar surface area (TPSA) is 83.8 Å². The first-order chi connectivity index (χ1) is 17.7. The maximum Gasteiger partial charge on any atom is 0.272 e. The van der Waals surface area contributed by atoms with Gasteiger partial charge >= 0.3 is 0 Å². The number of benzene rings is 3. The molecule has 1 aliphatic rings. The highest BCUT2D eigenvalue weighted by molar-refractivity contribution is 5.99. The number of methoxy groups -OCH3 is 2. The fourth-order valence-corrected chi connectivity index (χ4v) is 4.12. The molecule has 36 heavy (non-hydrogen) atoms. The molecule has 4 aromatic rings. The molecule has 8 nitrogen and oxygen atoms in total. The summed E-state index contributed by atoms with van der Waals surface area (Å²) in [7, 11) is 3.17. The molecule has 0 bridgehead atoms. The van der Waals surface area contributed by atoms with Crippen molar-refractivity contribution < 1.29 is 23.7 Å². The zero-order valence-electron chi connectivity index (χ0n) is 20.2. The minimum Gasteiger partial charge on any atom is -0.493 e. The summed E-state index contributed by atoms with van der Waals surface area (Å²) >= 11 is 0. The third kappa shape index (κ3) is 4.84. The molecular formula is C28H27N3O5. The molecule has 8 heteroatoms. The number of fused-ring (bicyclic) bond motifs is 1. The molecule has 0 radical (unpaired) electrons. The Hall–Kier alpha value is -4.46. The Morgan fingerprint density at radius 3 is 2.50 bits per heavy atom. The van der Waals surface area contributed by atoms with Gasteiger partial charge in [0, 0.05) is 18.3 Å². The van der Waals surface area contributed by atoms with Gasteiger partial charge < -0.3 is 24.3 Å². The van der Waals surface area contributed by atoms with E-state index >= 15 is 0 Å². The Morgan fingerprint density at radius 2 is 1.72 bits per heavy atom. The van der Waals surface area contributed by atoms with E-state index < -0.39 is 0 Å². The number of nitrogens with zero attached hydrogens (tertiary/aromatic N) is 2. The summed E-state index contributed by atoms with van der Waals surface area (Å²) in [5, 5.41) is 7.65. The minimum absolute atomic E-state index is 0.257. The van der Waals surface area contributed by atoms with Crippen molar-refractivity contribution in [1.82, 2.24) is 15.1 Å². The molecule has 0 atom stereocenters. The van der Waals surface area contributed by atoms with Gasteiger partial charge in [0.05, 0.1) is 19.9 Å². The van der Waals surface area contributed by atoms with Crippen molar-refractivity contribution >= 4 is 5.91 Å². The zero-order chi connectivity index (χ0) is 24.9. The first-order valence-corrected chi connectivity index (χ1v) is 11.7. The van der Waals surface area contributed by atoms with Crippen molar-refractivity contribution in [3.05, 3.63) is 84.2 Å². The van der Waals surface area contributed by atoms with Crippen LogP contribution in [0.5, 0.6) is 23.0 Å². The Bertz CT molecular complexity index is 1370. The van der Waals surface area contributed by atoms with E-state index in [1.54, 1.807) is 18.9 Å². The van der Waals surface area contributed by atoms with Crippen LogP contribution >= 0.6 is 0 Å². The summed E-state index contributed by atoms with van der Waals surface area (Å²) < 4.78 is 23.8. The zero-order valence-corrected chi connectivity index (χ0v) is 20.2. The van der Waals surface area contributed by atoms with Crippen LogP contribution in [0.2, 0.25) is 0 Å². The second-order valence-corrected chi connectivity index (χ2v) is 8.23. The van der Waals surface area contributed by atoms with E-state index in [-0.39, 0.29) is 5.91 Å². The highest BCUT2D eigenvalue weighted by atomic mass is 16.6. The quantitative estimate of drug-likeness (QED) is 0.401. The monoisotopic (exact) mass is 485 g/mol. The van der Waals surface area contributed by atoms with Gasteiger partial charge in [-0.1, -0.05) is 30.3 Å². The summed E-state index contributed by atoms with van der Waals surface area (Å²) in [6.45, 7) is 1.54. The van der Waals surface area contributed by atoms with Crippen molar-refractivity contribution in [2.45, 2.75) is 6.42 Å². The van der Waals surface area contributed by atoms with E-state index in [0.29, 0.717) is 48.9 Å². The predicted molar refractivity (Wildman–Crippen MR) is 136 cm³/mol. The molecule has 1 amide bonds. The number of ether oxygens (including phenoxy) is 4. The Morgan fingerprint density at radius 1 is 0.944 bits per heavy atom. The van der Waals surface area contributed by atoms with Gasteiger partial charge in [-0.3, -0.25) is 4.79 Å². The average Bonchev–Trinajstić information content (AvgIpc) is 3.39. The lowest BCUT2D eigenvalue weighted by molar-refractivity contribution is 0.0949. The van der Waals surface area contributed by atoms with Gasteiger partial charge in [-0.15, -0.1) is 0 Å². The average molecular weight is 486 g/mol. The normalized spacial score (nSPS) is 12.2. The molecule has 0 aliphatic carbocycles. The van der Waals surface area contributed by atoms with Crippen LogP contribution in [-0.4, -0.2) is 49.7 Å². The molecule has 0 saturated carbocycles. The van der Waals surface area contributed by atoms with Gasteiger partial charge in [-0.05, 0) is 53.9 Å². The van der Waals surface area contributed by atoms with Crippen LogP contribution in [0.4, 0.5) is 0 Å². The van der Waals surface area contributed by atoms with E-state index in [9.17, 15) is 4.79 Å². The molecule has 0 unspecified atom stereocenters. The van der Waals surface area contributed by atoms with Gasteiger partial charge in [-0.25, -0.2) is 4.68 Å². The summed E-state index contributed by atoms with van der Waals surface area (Å²) in [6.07, 6.45) is 2.50.